The molecule has 0 unspecified atom stereocenters. The molecule has 0 aromatic carbocycles. The highest BCUT2D eigenvalue weighted by Gasteiger charge is 2.09. The maximum Gasteiger partial charge on any atom is 0.221 e. The lowest BCUT2D eigenvalue weighted by atomic mass is 10.3. The van der Waals surface area contributed by atoms with Gasteiger partial charge in [0.15, 0.2) is 0 Å². The van der Waals surface area contributed by atoms with Crippen molar-refractivity contribution in [3.05, 3.63) is 11.8 Å². The Hall–Kier alpha value is -1.32. The van der Waals surface area contributed by atoms with Crippen LogP contribution in [-0.4, -0.2) is 23.1 Å². The van der Waals surface area contributed by atoms with Crippen LogP contribution in [-0.2, 0) is 0 Å². The van der Waals surface area contributed by atoms with Gasteiger partial charge in [-0.15, -0.1) is 0 Å². The van der Waals surface area contributed by atoms with Crippen molar-refractivity contribution in [3.8, 4) is 0 Å². The fourth-order valence-corrected chi connectivity index (χ4v) is 1.05. The molecule has 0 saturated heterocycles. The van der Waals surface area contributed by atoms with Gasteiger partial charge in [0.2, 0.25) is 5.95 Å². The molecule has 0 aliphatic carbocycles. The first kappa shape index (κ1) is 9.77. The number of aromatic nitrogens is 2. The molecule has 13 heavy (non-hydrogen) atoms. The SMILES string of the molecule is Cc1cnc(N)nc1N(C)C(C)C. The number of hydrogen-bond donors (Lipinski definition) is 1. The lowest BCUT2D eigenvalue weighted by Crippen LogP contribution is -2.27. The van der Waals surface area contributed by atoms with Crippen LogP contribution in [0.4, 0.5) is 11.8 Å². The summed E-state index contributed by atoms with van der Waals surface area (Å²) in [5.74, 6) is 1.23. The maximum atomic E-state index is 5.52. The van der Waals surface area contributed by atoms with Crippen LogP contribution in [0, 0.1) is 6.92 Å². The zero-order valence-corrected chi connectivity index (χ0v) is 8.57. The van der Waals surface area contributed by atoms with Crippen molar-refractivity contribution in [2.24, 2.45) is 0 Å². The van der Waals surface area contributed by atoms with Crippen LogP contribution in [0.3, 0.4) is 0 Å². The molecule has 0 spiro atoms. The number of nitrogen functional groups attached to an aromatic ring is 1. The quantitative estimate of drug-likeness (QED) is 0.743. The normalized spacial score (nSPS) is 10.5. The third kappa shape index (κ3) is 2.08. The minimum absolute atomic E-state index is 0.327. The van der Waals surface area contributed by atoms with Gasteiger partial charge in [-0.3, -0.25) is 0 Å². The Labute approximate surface area is 78.8 Å². The number of anilines is 2. The van der Waals surface area contributed by atoms with Gasteiger partial charge in [0.05, 0.1) is 0 Å². The maximum absolute atomic E-state index is 5.52. The van der Waals surface area contributed by atoms with Crippen molar-refractivity contribution < 1.29 is 0 Å². The summed E-state index contributed by atoms with van der Waals surface area (Å²) in [7, 11) is 2.00. The molecule has 0 amide bonds. The highest BCUT2D eigenvalue weighted by molar-refractivity contribution is 5.47. The summed E-state index contributed by atoms with van der Waals surface area (Å²) in [4.78, 5) is 10.2. The zero-order valence-electron chi connectivity index (χ0n) is 8.57. The summed E-state index contributed by atoms with van der Waals surface area (Å²) in [6, 6.07) is 0.410. The van der Waals surface area contributed by atoms with E-state index in [4.69, 9.17) is 5.73 Å². The highest BCUT2D eigenvalue weighted by Crippen LogP contribution is 2.17. The number of hydrogen-bond acceptors (Lipinski definition) is 4. The molecule has 0 radical (unpaired) electrons. The molecular weight excluding hydrogens is 164 g/mol. The first-order valence-electron chi connectivity index (χ1n) is 4.34. The smallest absolute Gasteiger partial charge is 0.221 e. The molecule has 0 saturated carbocycles. The fraction of sp³-hybridized carbons (Fsp3) is 0.556. The van der Waals surface area contributed by atoms with Gasteiger partial charge < -0.3 is 10.6 Å². The third-order valence-corrected chi connectivity index (χ3v) is 2.07. The molecule has 0 aliphatic rings. The van der Waals surface area contributed by atoms with E-state index in [1.807, 2.05) is 14.0 Å². The molecule has 1 aromatic heterocycles. The third-order valence-electron chi connectivity index (χ3n) is 2.07. The lowest BCUT2D eigenvalue weighted by molar-refractivity contribution is 0.739. The van der Waals surface area contributed by atoms with E-state index in [1.54, 1.807) is 6.20 Å². The molecular formula is C9H16N4. The molecule has 1 rings (SSSR count). The van der Waals surface area contributed by atoms with Crippen LogP contribution in [0.5, 0.6) is 0 Å². The number of aryl methyl sites for hydroxylation is 1. The van der Waals surface area contributed by atoms with Gasteiger partial charge in [-0.25, -0.2) is 4.98 Å². The van der Waals surface area contributed by atoms with Gasteiger partial charge >= 0.3 is 0 Å². The standard InChI is InChI=1S/C9H16N4/c1-6(2)13(4)8-7(3)5-11-9(10)12-8/h5-6H,1-4H3,(H2,10,11,12). The number of nitrogens with zero attached hydrogens (tertiary/aromatic N) is 3. The Morgan fingerprint density at radius 2 is 2.08 bits per heavy atom. The van der Waals surface area contributed by atoms with Gasteiger partial charge in [-0.05, 0) is 20.8 Å². The predicted octanol–water partition coefficient (Wildman–Crippen LogP) is 1.21. The van der Waals surface area contributed by atoms with E-state index < -0.39 is 0 Å². The molecule has 4 nitrogen and oxygen atoms in total. The van der Waals surface area contributed by atoms with Gasteiger partial charge in [0.25, 0.3) is 0 Å². The van der Waals surface area contributed by atoms with Crippen LogP contribution < -0.4 is 10.6 Å². The second-order valence-electron chi connectivity index (χ2n) is 3.44. The van der Waals surface area contributed by atoms with Crippen LogP contribution >= 0.6 is 0 Å². The van der Waals surface area contributed by atoms with E-state index in [9.17, 15) is 0 Å². The van der Waals surface area contributed by atoms with Crippen LogP contribution in [0.2, 0.25) is 0 Å². The van der Waals surface area contributed by atoms with Crippen LogP contribution in [0.1, 0.15) is 19.4 Å². The zero-order chi connectivity index (χ0) is 10.0. The second kappa shape index (κ2) is 3.60. The minimum Gasteiger partial charge on any atom is -0.368 e. The highest BCUT2D eigenvalue weighted by atomic mass is 15.2. The molecule has 4 heteroatoms. The summed E-state index contributed by atoms with van der Waals surface area (Å²) < 4.78 is 0. The summed E-state index contributed by atoms with van der Waals surface area (Å²) in [6.07, 6.45) is 1.75. The molecule has 72 valence electrons. The summed E-state index contributed by atoms with van der Waals surface area (Å²) in [5, 5.41) is 0. The molecule has 0 atom stereocenters. The average molecular weight is 180 g/mol. The summed E-state index contributed by atoms with van der Waals surface area (Å²) >= 11 is 0. The van der Waals surface area contributed by atoms with Crippen molar-refractivity contribution in [2.45, 2.75) is 26.8 Å². The minimum atomic E-state index is 0.327. The predicted molar refractivity (Wildman–Crippen MR) is 54.7 cm³/mol. The molecule has 0 aliphatic heterocycles. The number of nitrogens with two attached hydrogens (primary N) is 1. The van der Waals surface area contributed by atoms with Crippen LogP contribution in [0.15, 0.2) is 6.20 Å². The first-order valence-corrected chi connectivity index (χ1v) is 4.34. The van der Waals surface area contributed by atoms with E-state index in [-0.39, 0.29) is 0 Å². The Balaban J connectivity index is 3.05. The fourth-order valence-electron chi connectivity index (χ4n) is 1.05. The first-order chi connectivity index (χ1) is 6.02. The molecule has 0 fully saturated rings. The van der Waals surface area contributed by atoms with Crippen molar-refractivity contribution in [1.29, 1.82) is 0 Å². The second-order valence-corrected chi connectivity index (χ2v) is 3.44. The van der Waals surface area contributed by atoms with Crippen molar-refractivity contribution in [1.82, 2.24) is 9.97 Å². The average Bonchev–Trinajstić information content (AvgIpc) is 2.08. The van der Waals surface area contributed by atoms with Crippen molar-refractivity contribution >= 4 is 11.8 Å². The topological polar surface area (TPSA) is 55.0 Å². The number of rotatable bonds is 2. The monoisotopic (exact) mass is 180 g/mol. The Kier molecular flexibility index (Phi) is 2.70. The van der Waals surface area contributed by atoms with Crippen molar-refractivity contribution in [2.75, 3.05) is 17.7 Å². The van der Waals surface area contributed by atoms with Crippen LogP contribution in [0.25, 0.3) is 0 Å². The Morgan fingerprint density at radius 3 is 2.62 bits per heavy atom. The van der Waals surface area contributed by atoms with Gasteiger partial charge in [0.1, 0.15) is 5.82 Å². The van der Waals surface area contributed by atoms with E-state index in [1.165, 1.54) is 0 Å². The Bertz CT molecular complexity index is 296. The van der Waals surface area contributed by atoms with E-state index in [2.05, 4.69) is 28.7 Å². The van der Waals surface area contributed by atoms with Gasteiger partial charge in [-0.2, -0.15) is 4.98 Å². The lowest BCUT2D eigenvalue weighted by Gasteiger charge is -2.23. The van der Waals surface area contributed by atoms with Crippen molar-refractivity contribution in [3.63, 3.8) is 0 Å². The van der Waals surface area contributed by atoms with E-state index in [0.717, 1.165) is 11.4 Å². The largest absolute Gasteiger partial charge is 0.368 e. The Morgan fingerprint density at radius 1 is 1.46 bits per heavy atom. The van der Waals surface area contributed by atoms with Gasteiger partial charge in [-0.1, -0.05) is 0 Å². The molecule has 1 aromatic rings. The van der Waals surface area contributed by atoms with Gasteiger partial charge in [0, 0.05) is 24.8 Å². The molecule has 2 N–H and O–H groups in total. The van der Waals surface area contributed by atoms with E-state index >= 15 is 0 Å². The summed E-state index contributed by atoms with van der Waals surface area (Å²) in [5.41, 5.74) is 6.56. The molecule has 1 heterocycles. The molecule has 0 bridgehead atoms. The van der Waals surface area contributed by atoms with E-state index in [0.29, 0.717) is 12.0 Å². The summed E-state index contributed by atoms with van der Waals surface area (Å²) in [6.45, 7) is 6.20.